The lowest BCUT2D eigenvalue weighted by atomic mass is 10.1. The fraction of sp³-hybridized carbons (Fsp3) is 0.389. The zero-order valence-electron chi connectivity index (χ0n) is 15.1. The van der Waals surface area contributed by atoms with E-state index < -0.39 is 34.8 Å². The van der Waals surface area contributed by atoms with E-state index in [0.29, 0.717) is 0 Å². The van der Waals surface area contributed by atoms with E-state index >= 15 is 0 Å². The Labute approximate surface area is 161 Å². The average molecular weight is 418 g/mol. The number of nitrogens with one attached hydrogen (secondary N) is 2. The number of ether oxygens (including phenoxy) is 1. The molecular weight excluding hydrogens is 397 g/mol. The quantitative estimate of drug-likeness (QED) is 0.656. The summed E-state index contributed by atoms with van der Waals surface area (Å²) in [7, 11) is -3.79. The van der Waals surface area contributed by atoms with Crippen molar-refractivity contribution in [2.75, 3.05) is 19.8 Å². The van der Waals surface area contributed by atoms with Crippen LogP contribution in [0.1, 0.15) is 13.3 Å². The fourth-order valence-corrected chi connectivity index (χ4v) is 3.52. The molecule has 0 aliphatic carbocycles. The second kappa shape index (κ2) is 9.35. The van der Waals surface area contributed by atoms with Gasteiger partial charge in [0.15, 0.2) is 0 Å². The van der Waals surface area contributed by atoms with Crippen LogP contribution in [0.4, 0.5) is 13.2 Å². The van der Waals surface area contributed by atoms with Gasteiger partial charge in [-0.05, 0) is 29.8 Å². The molecule has 154 valence electrons. The van der Waals surface area contributed by atoms with E-state index in [9.17, 15) is 26.4 Å². The summed E-state index contributed by atoms with van der Waals surface area (Å²) in [5.74, 6) is -0.496. The predicted octanol–water partition coefficient (Wildman–Crippen LogP) is 2.59. The number of sulfonamides is 1. The van der Waals surface area contributed by atoms with Crippen LogP contribution in [-0.2, 0) is 19.6 Å². The highest BCUT2D eigenvalue weighted by Gasteiger charge is 2.27. The lowest BCUT2D eigenvalue weighted by molar-refractivity contribution is -0.175. The zero-order chi connectivity index (χ0) is 20.8. The van der Waals surface area contributed by atoms with E-state index in [4.69, 9.17) is 0 Å². The van der Waals surface area contributed by atoms with Gasteiger partial charge in [0.25, 0.3) is 0 Å². The second-order valence-electron chi connectivity index (χ2n) is 6.26. The number of fused-ring (bicyclic) bond motifs is 1. The summed E-state index contributed by atoms with van der Waals surface area (Å²) in [6.45, 7) is -0.336. The van der Waals surface area contributed by atoms with Crippen molar-refractivity contribution in [2.24, 2.45) is 0 Å². The summed E-state index contributed by atoms with van der Waals surface area (Å²) < 4.78 is 67.5. The first-order chi connectivity index (χ1) is 13.1. The van der Waals surface area contributed by atoms with Gasteiger partial charge in [0.05, 0.1) is 11.5 Å². The van der Waals surface area contributed by atoms with Crippen molar-refractivity contribution in [3.8, 4) is 0 Å². The van der Waals surface area contributed by atoms with Crippen LogP contribution in [0.5, 0.6) is 0 Å². The molecule has 0 radical (unpaired) electrons. The Kier molecular flexibility index (Phi) is 7.39. The Hall–Kier alpha value is -2.17. The molecule has 0 aromatic heterocycles. The number of carbonyl (C=O) groups is 1. The van der Waals surface area contributed by atoms with Crippen molar-refractivity contribution in [2.45, 2.75) is 30.5 Å². The first kappa shape index (κ1) is 22.1. The molecule has 0 aliphatic rings. The zero-order valence-corrected chi connectivity index (χ0v) is 15.9. The summed E-state index contributed by atoms with van der Waals surface area (Å²) in [6.07, 6.45) is -4.58. The lowest BCUT2D eigenvalue weighted by Gasteiger charge is -2.15. The van der Waals surface area contributed by atoms with E-state index in [1.165, 1.54) is 19.1 Å². The van der Waals surface area contributed by atoms with Crippen molar-refractivity contribution in [3.05, 3.63) is 42.5 Å². The van der Waals surface area contributed by atoms with E-state index in [1.807, 2.05) is 12.1 Å². The molecule has 2 rings (SSSR count). The Bertz CT molecular complexity index is 916. The SMILES string of the molecule is CC(COCC(F)(F)F)NC(=O)CCNS(=O)(=O)c1ccc2ccccc2c1. The fourth-order valence-electron chi connectivity index (χ4n) is 2.46. The number of hydrogen-bond acceptors (Lipinski definition) is 4. The Morgan fingerprint density at radius 3 is 2.50 bits per heavy atom. The lowest BCUT2D eigenvalue weighted by Crippen LogP contribution is -2.38. The molecule has 1 atom stereocenters. The largest absolute Gasteiger partial charge is 0.411 e. The molecule has 0 saturated heterocycles. The molecule has 0 aliphatic heterocycles. The number of amides is 1. The van der Waals surface area contributed by atoms with Crippen LogP contribution in [0.25, 0.3) is 10.8 Å². The summed E-state index contributed by atoms with van der Waals surface area (Å²) in [4.78, 5) is 11.9. The molecule has 6 nitrogen and oxygen atoms in total. The van der Waals surface area contributed by atoms with Crippen LogP contribution >= 0.6 is 0 Å². The first-order valence-corrected chi connectivity index (χ1v) is 9.97. The van der Waals surface area contributed by atoms with Crippen LogP contribution in [-0.4, -0.2) is 46.3 Å². The van der Waals surface area contributed by atoms with Crippen molar-refractivity contribution in [3.63, 3.8) is 0 Å². The van der Waals surface area contributed by atoms with Crippen LogP contribution in [0, 0.1) is 0 Å². The average Bonchev–Trinajstić information content (AvgIpc) is 2.60. The number of carbonyl (C=O) groups excluding carboxylic acids is 1. The minimum absolute atomic E-state index is 0.0838. The van der Waals surface area contributed by atoms with Gasteiger partial charge in [-0.3, -0.25) is 4.79 Å². The van der Waals surface area contributed by atoms with Crippen molar-refractivity contribution >= 4 is 26.7 Å². The molecule has 0 spiro atoms. The standard InChI is InChI=1S/C18H21F3N2O4S/c1-13(11-27-12-18(19,20)21)23-17(24)8-9-22-28(25,26)16-7-6-14-4-2-3-5-15(14)10-16/h2-7,10,13,22H,8-9,11-12H2,1H3,(H,23,24). The summed E-state index contributed by atoms with van der Waals surface area (Å²) in [6, 6.07) is 11.4. The number of alkyl halides is 3. The molecular formula is C18H21F3N2O4S. The van der Waals surface area contributed by atoms with Crippen LogP contribution < -0.4 is 10.0 Å². The van der Waals surface area contributed by atoms with Gasteiger partial charge in [-0.15, -0.1) is 0 Å². The number of rotatable bonds is 9. The molecule has 10 heteroatoms. The van der Waals surface area contributed by atoms with Gasteiger partial charge in [-0.2, -0.15) is 13.2 Å². The van der Waals surface area contributed by atoms with Gasteiger partial charge in [0.1, 0.15) is 6.61 Å². The normalized spacial score (nSPS) is 13.4. The minimum Gasteiger partial charge on any atom is -0.370 e. The first-order valence-electron chi connectivity index (χ1n) is 8.49. The van der Waals surface area contributed by atoms with Gasteiger partial charge < -0.3 is 10.1 Å². The van der Waals surface area contributed by atoms with Gasteiger partial charge >= 0.3 is 6.18 Å². The molecule has 2 aromatic carbocycles. The molecule has 0 bridgehead atoms. The third-order valence-electron chi connectivity index (χ3n) is 3.72. The third kappa shape index (κ3) is 7.10. The minimum atomic E-state index is -4.43. The predicted molar refractivity (Wildman–Crippen MR) is 98.2 cm³/mol. The van der Waals surface area contributed by atoms with Crippen LogP contribution in [0.3, 0.4) is 0 Å². The Morgan fingerprint density at radius 2 is 1.82 bits per heavy atom. The van der Waals surface area contributed by atoms with Gasteiger partial charge in [0, 0.05) is 19.0 Å². The van der Waals surface area contributed by atoms with Crippen molar-refractivity contribution < 1.29 is 31.1 Å². The topological polar surface area (TPSA) is 84.5 Å². The Balaban J connectivity index is 1.80. The highest BCUT2D eigenvalue weighted by atomic mass is 32.2. The molecule has 0 saturated carbocycles. The van der Waals surface area contributed by atoms with E-state index in [0.717, 1.165) is 10.8 Å². The highest BCUT2D eigenvalue weighted by molar-refractivity contribution is 7.89. The molecule has 0 heterocycles. The smallest absolute Gasteiger partial charge is 0.370 e. The third-order valence-corrected chi connectivity index (χ3v) is 5.18. The number of halogens is 3. The molecule has 1 amide bonds. The number of hydrogen-bond donors (Lipinski definition) is 2. The molecule has 2 aromatic rings. The highest BCUT2D eigenvalue weighted by Crippen LogP contribution is 2.18. The van der Waals surface area contributed by atoms with E-state index in [-0.39, 0.29) is 24.5 Å². The molecule has 2 N–H and O–H groups in total. The monoisotopic (exact) mass is 418 g/mol. The molecule has 0 fully saturated rings. The van der Waals surface area contributed by atoms with Crippen molar-refractivity contribution in [1.82, 2.24) is 10.0 Å². The summed E-state index contributed by atoms with van der Waals surface area (Å²) in [5.41, 5.74) is 0. The van der Waals surface area contributed by atoms with Crippen LogP contribution in [0.2, 0.25) is 0 Å². The maximum atomic E-state index is 12.3. The summed E-state index contributed by atoms with van der Waals surface area (Å²) >= 11 is 0. The Morgan fingerprint density at radius 1 is 1.14 bits per heavy atom. The number of benzene rings is 2. The van der Waals surface area contributed by atoms with Crippen molar-refractivity contribution in [1.29, 1.82) is 0 Å². The van der Waals surface area contributed by atoms with Gasteiger partial charge in [0.2, 0.25) is 15.9 Å². The van der Waals surface area contributed by atoms with E-state index in [1.54, 1.807) is 18.2 Å². The second-order valence-corrected chi connectivity index (χ2v) is 8.02. The summed E-state index contributed by atoms with van der Waals surface area (Å²) in [5, 5.41) is 4.13. The van der Waals surface area contributed by atoms with Crippen LogP contribution in [0.15, 0.2) is 47.4 Å². The van der Waals surface area contributed by atoms with Gasteiger partial charge in [-0.1, -0.05) is 30.3 Å². The maximum Gasteiger partial charge on any atom is 0.411 e. The van der Waals surface area contributed by atoms with E-state index in [2.05, 4.69) is 14.8 Å². The van der Waals surface area contributed by atoms with Gasteiger partial charge in [-0.25, -0.2) is 13.1 Å². The molecule has 28 heavy (non-hydrogen) atoms. The molecule has 1 unspecified atom stereocenters. The maximum absolute atomic E-state index is 12.3.